The summed E-state index contributed by atoms with van der Waals surface area (Å²) in [6, 6.07) is 0. The lowest BCUT2D eigenvalue weighted by Gasteiger charge is -2.40. The van der Waals surface area contributed by atoms with E-state index in [0.29, 0.717) is 0 Å². The molecule has 3 heteroatoms. The summed E-state index contributed by atoms with van der Waals surface area (Å²) in [5.74, 6) is 0.233. The lowest BCUT2D eigenvalue weighted by Crippen LogP contribution is -2.49. The first-order valence-electron chi connectivity index (χ1n) is 5.12. The van der Waals surface area contributed by atoms with Crippen molar-refractivity contribution in [3.8, 4) is 0 Å². The predicted molar refractivity (Wildman–Crippen MR) is 49.5 cm³/mol. The van der Waals surface area contributed by atoms with Crippen molar-refractivity contribution in [2.75, 3.05) is 19.6 Å². The predicted octanol–water partition coefficient (Wildman–Crippen LogP) is 1.19. The average Bonchev–Trinajstić information content (AvgIpc) is 2.76. The Labute approximate surface area is 78.7 Å². The van der Waals surface area contributed by atoms with Crippen molar-refractivity contribution in [1.82, 2.24) is 4.90 Å². The molecule has 1 aliphatic carbocycles. The molecule has 3 nitrogen and oxygen atoms in total. The maximum Gasteiger partial charge on any atom is 0.310 e. The van der Waals surface area contributed by atoms with E-state index >= 15 is 0 Å². The lowest BCUT2D eigenvalue weighted by atomic mass is 9.95. The number of hydrogen-bond acceptors (Lipinski definition) is 2. The SMILES string of the molecule is CCC1CN(CC2(C(=O)O)CC2)C1. The van der Waals surface area contributed by atoms with Crippen molar-refractivity contribution in [1.29, 1.82) is 0 Å². The van der Waals surface area contributed by atoms with Gasteiger partial charge < -0.3 is 10.0 Å². The molecule has 2 aliphatic rings. The summed E-state index contributed by atoms with van der Waals surface area (Å²) in [5, 5.41) is 8.97. The molecule has 0 aromatic heterocycles. The maximum atomic E-state index is 10.9. The molecule has 1 saturated carbocycles. The fraction of sp³-hybridized carbons (Fsp3) is 0.900. The number of carboxylic acids is 1. The molecular formula is C10H17NO2. The molecule has 74 valence electrons. The summed E-state index contributed by atoms with van der Waals surface area (Å²) in [7, 11) is 0. The van der Waals surface area contributed by atoms with Gasteiger partial charge in [0.2, 0.25) is 0 Å². The number of carboxylic acid groups (broad SMARTS) is 1. The van der Waals surface area contributed by atoms with Crippen LogP contribution < -0.4 is 0 Å². The molecule has 1 saturated heterocycles. The summed E-state index contributed by atoms with van der Waals surface area (Å²) in [6.07, 6.45) is 3.00. The van der Waals surface area contributed by atoms with Gasteiger partial charge in [0.25, 0.3) is 0 Å². The molecule has 0 aromatic carbocycles. The number of nitrogens with zero attached hydrogens (tertiary/aromatic N) is 1. The van der Waals surface area contributed by atoms with E-state index in [4.69, 9.17) is 5.11 Å². The Balaban J connectivity index is 1.77. The van der Waals surface area contributed by atoms with Gasteiger partial charge in [0.1, 0.15) is 0 Å². The van der Waals surface area contributed by atoms with Crippen LogP contribution in [0, 0.1) is 11.3 Å². The second-order valence-electron chi connectivity index (χ2n) is 4.55. The smallest absolute Gasteiger partial charge is 0.310 e. The molecule has 13 heavy (non-hydrogen) atoms. The summed E-state index contributed by atoms with van der Waals surface area (Å²) in [6.45, 7) is 5.22. The Morgan fingerprint density at radius 2 is 2.15 bits per heavy atom. The highest BCUT2D eigenvalue weighted by Crippen LogP contribution is 2.47. The summed E-state index contributed by atoms with van der Waals surface area (Å²) < 4.78 is 0. The summed E-state index contributed by atoms with van der Waals surface area (Å²) >= 11 is 0. The van der Waals surface area contributed by atoms with Gasteiger partial charge in [0.05, 0.1) is 5.41 Å². The van der Waals surface area contributed by atoms with Gasteiger partial charge in [-0.1, -0.05) is 13.3 Å². The van der Waals surface area contributed by atoms with E-state index in [1.165, 1.54) is 6.42 Å². The Morgan fingerprint density at radius 3 is 2.54 bits per heavy atom. The molecule has 0 atom stereocenters. The highest BCUT2D eigenvalue weighted by Gasteiger charge is 2.52. The van der Waals surface area contributed by atoms with Crippen LogP contribution in [0.2, 0.25) is 0 Å². The molecule has 2 rings (SSSR count). The van der Waals surface area contributed by atoms with Crippen molar-refractivity contribution in [2.24, 2.45) is 11.3 Å². The molecule has 0 unspecified atom stereocenters. The molecule has 0 spiro atoms. The van der Waals surface area contributed by atoms with Crippen LogP contribution in [0.1, 0.15) is 26.2 Å². The zero-order chi connectivity index (χ0) is 9.47. The third kappa shape index (κ3) is 1.57. The third-order valence-electron chi connectivity index (χ3n) is 3.44. The number of rotatable bonds is 4. The first kappa shape index (κ1) is 9.00. The van der Waals surface area contributed by atoms with Crippen LogP contribution in [-0.2, 0) is 4.79 Å². The van der Waals surface area contributed by atoms with Crippen LogP contribution in [0.5, 0.6) is 0 Å². The van der Waals surface area contributed by atoms with Crippen LogP contribution in [0.3, 0.4) is 0 Å². The molecule has 0 radical (unpaired) electrons. The van der Waals surface area contributed by atoms with E-state index in [9.17, 15) is 4.79 Å². The molecular weight excluding hydrogens is 166 g/mol. The van der Waals surface area contributed by atoms with Crippen molar-refractivity contribution in [2.45, 2.75) is 26.2 Å². The fourth-order valence-corrected chi connectivity index (χ4v) is 2.08. The Hall–Kier alpha value is -0.570. The van der Waals surface area contributed by atoms with Gasteiger partial charge in [-0.15, -0.1) is 0 Å². The van der Waals surface area contributed by atoms with Crippen molar-refractivity contribution in [3.63, 3.8) is 0 Å². The first-order chi connectivity index (χ1) is 6.16. The van der Waals surface area contributed by atoms with Gasteiger partial charge in [-0.2, -0.15) is 0 Å². The standard InChI is InChI=1S/C10H17NO2/c1-2-8-5-11(6-8)7-10(3-4-10)9(12)13/h8H,2-7H2,1H3,(H,12,13). The van der Waals surface area contributed by atoms with E-state index < -0.39 is 5.97 Å². The van der Waals surface area contributed by atoms with Gasteiger partial charge in [-0.3, -0.25) is 4.79 Å². The van der Waals surface area contributed by atoms with Crippen LogP contribution in [0.4, 0.5) is 0 Å². The quantitative estimate of drug-likeness (QED) is 0.711. The molecule has 1 heterocycles. The van der Waals surface area contributed by atoms with Gasteiger partial charge >= 0.3 is 5.97 Å². The van der Waals surface area contributed by atoms with Crippen molar-refractivity contribution < 1.29 is 9.90 Å². The summed E-state index contributed by atoms with van der Waals surface area (Å²) in [4.78, 5) is 13.2. The minimum atomic E-state index is -0.590. The van der Waals surface area contributed by atoms with Crippen molar-refractivity contribution in [3.05, 3.63) is 0 Å². The van der Waals surface area contributed by atoms with Crippen LogP contribution in [0.15, 0.2) is 0 Å². The van der Waals surface area contributed by atoms with Crippen LogP contribution >= 0.6 is 0 Å². The minimum absolute atomic E-state index is 0.349. The summed E-state index contributed by atoms with van der Waals surface area (Å²) in [5.41, 5.74) is -0.349. The van der Waals surface area contributed by atoms with Crippen LogP contribution in [-0.4, -0.2) is 35.6 Å². The Morgan fingerprint density at radius 1 is 1.54 bits per heavy atom. The van der Waals surface area contributed by atoms with E-state index in [2.05, 4.69) is 11.8 Å². The maximum absolute atomic E-state index is 10.9. The Kier molecular flexibility index (Phi) is 2.06. The van der Waals surface area contributed by atoms with E-state index in [0.717, 1.165) is 38.4 Å². The van der Waals surface area contributed by atoms with Gasteiger partial charge in [0.15, 0.2) is 0 Å². The zero-order valence-electron chi connectivity index (χ0n) is 8.12. The molecule has 0 amide bonds. The number of likely N-dealkylation sites (tertiary alicyclic amines) is 1. The fourth-order valence-electron chi connectivity index (χ4n) is 2.08. The van der Waals surface area contributed by atoms with Gasteiger partial charge in [-0.05, 0) is 18.8 Å². The third-order valence-corrected chi connectivity index (χ3v) is 3.44. The zero-order valence-corrected chi connectivity index (χ0v) is 8.12. The molecule has 1 N–H and O–H groups in total. The minimum Gasteiger partial charge on any atom is -0.481 e. The second kappa shape index (κ2) is 2.98. The largest absolute Gasteiger partial charge is 0.481 e. The molecule has 2 fully saturated rings. The van der Waals surface area contributed by atoms with Crippen molar-refractivity contribution >= 4 is 5.97 Å². The monoisotopic (exact) mass is 183 g/mol. The highest BCUT2D eigenvalue weighted by molar-refractivity contribution is 5.78. The van der Waals surface area contributed by atoms with E-state index in [1.807, 2.05) is 0 Å². The topological polar surface area (TPSA) is 40.5 Å². The van der Waals surface area contributed by atoms with Gasteiger partial charge in [0, 0.05) is 19.6 Å². The number of carbonyl (C=O) groups is 1. The molecule has 0 bridgehead atoms. The van der Waals surface area contributed by atoms with E-state index in [-0.39, 0.29) is 5.41 Å². The Bertz CT molecular complexity index is 217. The lowest BCUT2D eigenvalue weighted by molar-refractivity contribution is -0.144. The number of aliphatic carboxylic acids is 1. The first-order valence-corrected chi connectivity index (χ1v) is 5.12. The molecule has 0 aromatic rings. The van der Waals surface area contributed by atoms with Crippen LogP contribution in [0.25, 0.3) is 0 Å². The van der Waals surface area contributed by atoms with E-state index in [1.54, 1.807) is 0 Å². The average molecular weight is 183 g/mol. The normalized spacial score (nSPS) is 26.8. The second-order valence-corrected chi connectivity index (χ2v) is 4.55. The number of hydrogen-bond donors (Lipinski definition) is 1. The molecule has 1 aliphatic heterocycles. The van der Waals surface area contributed by atoms with Gasteiger partial charge in [-0.25, -0.2) is 0 Å². The highest BCUT2D eigenvalue weighted by atomic mass is 16.4.